The van der Waals surface area contributed by atoms with Crippen molar-refractivity contribution in [2.45, 2.75) is 20.3 Å². The molecule has 1 nitrogen and oxygen atoms in total. The highest BCUT2D eigenvalue weighted by Gasteiger charge is 2.07. The molecule has 0 unspecified atom stereocenters. The fraction of sp³-hybridized carbons (Fsp3) is 0.188. The van der Waals surface area contributed by atoms with Crippen molar-refractivity contribution in [2.24, 2.45) is 0 Å². The summed E-state index contributed by atoms with van der Waals surface area (Å²) >= 11 is 0. The third kappa shape index (κ3) is 2.48. The van der Waals surface area contributed by atoms with Gasteiger partial charge in [0.15, 0.2) is 5.78 Å². The number of rotatable bonds is 3. The fourth-order valence-electron chi connectivity index (χ4n) is 2.02. The van der Waals surface area contributed by atoms with Crippen LogP contribution in [0.1, 0.15) is 29.3 Å². The van der Waals surface area contributed by atoms with Crippen LogP contribution < -0.4 is 0 Å². The first-order valence-electron chi connectivity index (χ1n) is 6.01. The molecule has 0 heterocycles. The second kappa shape index (κ2) is 5.13. The lowest BCUT2D eigenvalue weighted by molar-refractivity contribution is 0.0988. The Morgan fingerprint density at radius 3 is 2.61 bits per heavy atom. The average Bonchev–Trinajstić information content (AvgIpc) is 2.38. The Balaban J connectivity index is 2.48. The summed E-state index contributed by atoms with van der Waals surface area (Å²) in [5, 5.41) is 0. The van der Waals surface area contributed by atoms with Gasteiger partial charge in [-0.15, -0.1) is 0 Å². The van der Waals surface area contributed by atoms with Gasteiger partial charge in [0.05, 0.1) is 0 Å². The SMILES string of the molecule is CCC(=O)c1cccc(-c2ccc(F)cc2C)c1. The second-order valence-electron chi connectivity index (χ2n) is 4.32. The van der Waals surface area contributed by atoms with Gasteiger partial charge in [-0.2, -0.15) is 0 Å². The van der Waals surface area contributed by atoms with E-state index < -0.39 is 0 Å². The number of hydrogen-bond donors (Lipinski definition) is 0. The van der Waals surface area contributed by atoms with Gasteiger partial charge in [-0.1, -0.05) is 31.2 Å². The van der Waals surface area contributed by atoms with Crippen LogP contribution in [0.5, 0.6) is 0 Å². The summed E-state index contributed by atoms with van der Waals surface area (Å²) in [7, 11) is 0. The smallest absolute Gasteiger partial charge is 0.162 e. The molecular formula is C16H15FO. The monoisotopic (exact) mass is 242 g/mol. The second-order valence-corrected chi connectivity index (χ2v) is 4.32. The Kier molecular flexibility index (Phi) is 3.56. The van der Waals surface area contributed by atoms with E-state index in [1.165, 1.54) is 12.1 Å². The first kappa shape index (κ1) is 12.5. The van der Waals surface area contributed by atoms with Crippen molar-refractivity contribution in [1.29, 1.82) is 0 Å². The minimum Gasteiger partial charge on any atom is -0.294 e. The van der Waals surface area contributed by atoms with Crippen molar-refractivity contribution >= 4 is 5.78 Å². The molecule has 0 aliphatic rings. The van der Waals surface area contributed by atoms with Crippen LogP contribution in [0.3, 0.4) is 0 Å². The number of aryl methyl sites for hydroxylation is 1. The molecule has 0 atom stereocenters. The fourth-order valence-corrected chi connectivity index (χ4v) is 2.02. The van der Waals surface area contributed by atoms with E-state index in [9.17, 15) is 9.18 Å². The molecule has 2 aromatic rings. The molecule has 0 saturated heterocycles. The van der Waals surface area contributed by atoms with Gasteiger partial charge in [-0.05, 0) is 41.8 Å². The maximum absolute atomic E-state index is 13.1. The van der Waals surface area contributed by atoms with E-state index in [-0.39, 0.29) is 11.6 Å². The van der Waals surface area contributed by atoms with Crippen molar-refractivity contribution in [3.8, 4) is 11.1 Å². The first-order chi connectivity index (χ1) is 8.61. The molecule has 0 aliphatic carbocycles. The number of halogens is 1. The molecule has 92 valence electrons. The maximum Gasteiger partial charge on any atom is 0.162 e. The Bertz CT molecular complexity index is 587. The number of ketones is 1. The average molecular weight is 242 g/mol. The number of benzene rings is 2. The lowest BCUT2D eigenvalue weighted by Gasteiger charge is -2.07. The Labute approximate surface area is 106 Å². The topological polar surface area (TPSA) is 17.1 Å². The van der Waals surface area contributed by atoms with Crippen LogP contribution in [-0.4, -0.2) is 5.78 Å². The van der Waals surface area contributed by atoms with Crippen LogP contribution >= 0.6 is 0 Å². The molecule has 0 fully saturated rings. The molecular weight excluding hydrogens is 227 g/mol. The van der Waals surface area contributed by atoms with E-state index in [0.29, 0.717) is 12.0 Å². The summed E-state index contributed by atoms with van der Waals surface area (Å²) < 4.78 is 13.1. The Hall–Kier alpha value is -1.96. The summed E-state index contributed by atoms with van der Waals surface area (Å²) in [6.45, 7) is 3.71. The highest BCUT2D eigenvalue weighted by Crippen LogP contribution is 2.25. The minimum absolute atomic E-state index is 0.122. The van der Waals surface area contributed by atoms with Gasteiger partial charge in [0.1, 0.15) is 5.82 Å². The van der Waals surface area contributed by atoms with Crippen LogP contribution in [0.2, 0.25) is 0 Å². The normalized spacial score (nSPS) is 10.4. The summed E-state index contributed by atoms with van der Waals surface area (Å²) in [6.07, 6.45) is 0.492. The predicted molar refractivity (Wildman–Crippen MR) is 71.2 cm³/mol. The Morgan fingerprint density at radius 1 is 1.17 bits per heavy atom. The molecule has 0 bridgehead atoms. The van der Waals surface area contributed by atoms with Crippen LogP contribution in [0.4, 0.5) is 4.39 Å². The lowest BCUT2D eigenvalue weighted by atomic mass is 9.97. The molecule has 0 saturated carbocycles. The highest BCUT2D eigenvalue weighted by molar-refractivity contribution is 5.97. The van der Waals surface area contributed by atoms with E-state index in [1.54, 1.807) is 6.07 Å². The third-order valence-electron chi connectivity index (χ3n) is 3.01. The molecule has 2 heteroatoms. The summed E-state index contributed by atoms with van der Waals surface area (Å²) in [4.78, 5) is 11.7. The maximum atomic E-state index is 13.1. The van der Waals surface area contributed by atoms with Crippen molar-refractivity contribution in [2.75, 3.05) is 0 Å². The molecule has 0 aromatic heterocycles. The third-order valence-corrected chi connectivity index (χ3v) is 3.01. The van der Waals surface area contributed by atoms with Crippen LogP contribution in [-0.2, 0) is 0 Å². The molecule has 0 amide bonds. The molecule has 2 rings (SSSR count). The molecule has 0 N–H and O–H groups in total. The van der Waals surface area contributed by atoms with E-state index in [0.717, 1.165) is 16.7 Å². The summed E-state index contributed by atoms with van der Waals surface area (Å²) in [5.74, 6) is -0.117. The van der Waals surface area contributed by atoms with Gasteiger partial charge in [0, 0.05) is 12.0 Å². The first-order valence-corrected chi connectivity index (χ1v) is 6.01. The zero-order chi connectivity index (χ0) is 13.1. The quantitative estimate of drug-likeness (QED) is 0.729. The highest BCUT2D eigenvalue weighted by atomic mass is 19.1. The zero-order valence-corrected chi connectivity index (χ0v) is 10.5. The number of hydrogen-bond acceptors (Lipinski definition) is 1. The predicted octanol–water partition coefficient (Wildman–Crippen LogP) is 4.39. The minimum atomic E-state index is -0.239. The van der Waals surface area contributed by atoms with Crippen molar-refractivity contribution in [1.82, 2.24) is 0 Å². The lowest BCUT2D eigenvalue weighted by Crippen LogP contribution is -1.96. The summed E-state index contributed by atoms with van der Waals surface area (Å²) in [5.41, 5.74) is 3.49. The van der Waals surface area contributed by atoms with Crippen molar-refractivity contribution in [3.05, 3.63) is 59.4 Å². The van der Waals surface area contributed by atoms with Gasteiger partial charge in [0.25, 0.3) is 0 Å². The largest absolute Gasteiger partial charge is 0.294 e. The number of carbonyl (C=O) groups excluding carboxylic acids is 1. The van der Waals surface area contributed by atoms with E-state index in [2.05, 4.69) is 0 Å². The van der Waals surface area contributed by atoms with E-state index in [4.69, 9.17) is 0 Å². The molecule has 2 aromatic carbocycles. The van der Waals surface area contributed by atoms with Crippen molar-refractivity contribution < 1.29 is 9.18 Å². The van der Waals surface area contributed by atoms with Crippen LogP contribution in [0, 0.1) is 12.7 Å². The Morgan fingerprint density at radius 2 is 1.94 bits per heavy atom. The van der Waals surface area contributed by atoms with Gasteiger partial charge in [0.2, 0.25) is 0 Å². The number of carbonyl (C=O) groups is 1. The van der Waals surface area contributed by atoms with E-state index >= 15 is 0 Å². The summed E-state index contributed by atoms with van der Waals surface area (Å²) in [6, 6.07) is 12.2. The molecule has 0 spiro atoms. The molecule has 18 heavy (non-hydrogen) atoms. The van der Waals surface area contributed by atoms with Crippen molar-refractivity contribution in [3.63, 3.8) is 0 Å². The molecule has 0 radical (unpaired) electrons. The van der Waals surface area contributed by atoms with Crippen LogP contribution in [0.25, 0.3) is 11.1 Å². The van der Waals surface area contributed by atoms with Gasteiger partial charge >= 0.3 is 0 Å². The zero-order valence-electron chi connectivity index (χ0n) is 10.5. The number of Topliss-reactive ketones (excluding diaryl/α,β-unsaturated/α-hetero) is 1. The van der Waals surface area contributed by atoms with E-state index in [1.807, 2.05) is 38.1 Å². The molecule has 0 aliphatic heterocycles. The van der Waals surface area contributed by atoms with Gasteiger partial charge in [-0.3, -0.25) is 4.79 Å². The van der Waals surface area contributed by atoms with Gasteiger partial charge in [-0.25, -0.2) is 4.39 Å². The van der Waals surface area contributed by atoms with Gasteiger partial charge < -0.3 is 0 Å². The van der Waals surface area contributed by atoms with Crippen LogP contribution in [0.15, 0.2) is 42.5 Å². The standard InChI is InChI=1S/C16H15FO/c1-3-16(18)13-6-4-5-12(10-13)15-8-7-14(17)9-11(15)2/h4-10H,3H2,1-2H3.